The maximum Gasteiger partial charge on any atom is 0.132 e. The van der Waals surface area contributed by atoms with Gasteiger partial charge in [-0.3, -0.25) is 0 Å². The van der Waals surface area contributed by atoms with Crippen molar-refractivity contribution in [2.45, 2.75) is 32.8 Å². The SMILES string of the molecule is CCc1cc(N2CCC(O)C(C)C2)ncn1. The van der Waals surface area contributed by atoms with Gasteiger partial charge in [0.2, 0.25) is 0 Å². The number of aromatic nitrogens is 2. The van der Waals surface area contributed by atoms with Gasteiger partial charge in [-0.25, -0.2) is 9.97 Å². The van der Waals surface area contributed by atoms with Crippen LogP contribution in [0.1, 0.15) is 26.0 Å². The summed E-state index contributed by atoms with van der Waals surface area (Å²) in [7, 11) is 0. The molecule has 1 fully saturated rings. The molecule has 2 heterocycles. The number of aliphatic hydroxyl groups excluding tert-OH is 1. The van der Waals surface area contributed by atoms with Crippen molar-refractivity contribution in [2.75, 3.05) is 18.0 Å². The molecule has 1 aliphatic heterocycles. The zero-order valence-corrected chi connectivity index (χ0v) is 9.93. The van der Waals surface area contributed by atoms with E-state index in [0.717, 1.165) is 37.4 Å². The predicted molar refractivity (Wildman–Crippen MR) is 63.4 cm³/mol. The average Bonchev–Trinajstić information content (AvgIpc) is 2.33. The number of nitrogens with zero attached hydrogens (tertiary/aromatic N) is 3. The maximum atomic E-state index is 9.68. The van der Waals surface area contributed by atoms with E-state index in [1.165, 1.54) is 0 Å². The molecule has 0 spiro atoms. The van der Waals surface area contributed by atoms with Crippen molar-refractivity contribution in [3.8, 4) is 0 Å². The van der Waals surface area contributed by atoms with Gasteiger partial charge in [0.15, 0.2) is 0 Å². The Morgan fingerprint density at radius 3 is 3.00 bits per heavy atom. The molecule has 1 N–H and O–H groups in total. The molecule has 0 aliphatic carbocycles. The zero-order chi connectivity index (χ0) is 11.5. The Bertz CT molecular complexity index is 356. The fourth-order valence-electron chi connectivity index (χ4n) is 2.09. The molecule has 0 saturated carbocycles. The lowest BCUT2D eigenvalue weighted by atomic mass is 9.97. The molecule has 16 heavy (non-hydrogen) atoms. The molecule has 0 aromatic carbocycles. The highest BCUT2D eigenvalue weighted by Gasteiger charge is 2.24. The molecule has 1 aromatic rings. The number of piperidine rings is 1. The molecule has 0 radical (unpaired) electrons. The summed E-state index contributed by atoms with van der Waals surface area (Å²) in [6, 6.07) is 2.05. The van der Waals surface area contributed by atoms with Crippen LogP contribution in [0.3, 0.4) is 0 Å². The van der Waals surface area contributed by atoms with Gasteiger partial charge in [0.25, 0.3) is 0 Å². The minimum Gasteiger partial charge on any atom is -0.393 e. The zero-order valence-electron chi connectivity index (χ0n) is 9.93. The van der Waals surface area contributed by atoms with Crippen molar-refractivity contribution in [3.05, 3.63) is 18.1 Å². The third-order valence-corrected chi connectivity index (χ3v) is 3.26. The highest BCUT2D eigenvalue weighted by Crippen LogP contribution is 2.21. The lowest BCUT2D eigenvalue weighted by molar-refractivity contribution is 0.0969. The highest BCUT2D eigenvalue weighted by atomic mass is 16.3. The van der Waals surface area contributed by atoms with Crippen LogP contribution in [0.25, 0.3) is 0 Å². The molecule has 2 rings (SSSR count). The van der Waals surface area contributed by atoms with Gasteiger partial charge in [0.1, 0.15) is 12.1 Å². The van der Waals surface area contributed by atoms with Crippen LogP contribution in [0, 0.1) is 5.92 Å². The molecule has 88 valence electrons. The molecule has 1 aliphatic rings. The first-order chi connectivity index (χ1) is 7.70. The Labute approximate surface area is 96.3 Å². The predicted octanol–water partition coefficient (Wildman–Crippen LogP) is 1.25. The summed E-state index contributed by atoms with van der Waals surface area (Å²) in [6.45, 7) is 5.93. The van der Waals surface area contributed by atoms with Gasteiger partial charge in [-0.05, 0) is 18.8 Å². The molecule has 1 saturated heterocycles. The maximum absolute atomic E-state index is 9.68. The first-order valence-corrected chi connectivity index (χ1v) is 5.94. The van der Waals surface area contributed by atoms with E-state index < -0.39 is 0 Å². The fraction of sp³-hybridized carbons (Fsp3) is 0.667. The molecule has 4 nitrogen and oxygen atoms in total. The molecular weight excluding hydrogens is 202 g/mol. The molecular formula is C12H19N3O. The van der Waals surface area contributed by atoms with Crippen molar-refractivity contribution in [1.82, 2.24) is 9.97 Å². The highest BCUT2D eigenvalue weighted by molar-refractivity contribution is 5.39. The lowest BCUT2D eigenvalue weighted by Gasteiger charge is -2.35. The number of aryl methyl sites for hydroxylation is 1. The fourth-order valence-corrected chi connectivity index (χ4v) is 2.09. The van der Waals surface area contributed by atoms with Gasteiger partial charge >= 0.3 is 0 Å². The second-order valence-corrected chi connectivity index (χ2v) is 4.50. The minimum atomic E-state index is -0.163. The second kappa shape index (κ2) is 4.78. The summed E-state index contributed by atoms with van der Waals surface area (Å²) >= 11 is 0. The van der Waals surface area contributed by atoms with Crippen LogP contribution in [-0.4, -0.2) is 34.3 Å². The van der Waals surface area contributed by atoms with Crippen molar-refractivity contribution in [3.63, 3.8) is 0 Å². The van der Waals surface area contributed by atoms with E-state index in [0.29, 0.717) is 5.92 Å². The molecule has 2 unspecified atom stereocenters. The second-order valence-electron chi connectivity index (χ2n) is 4.50. The number of rotatable bonds is 2. The van der Waals surface area contributed by atoms with Crippen LogP contribution >= 0.6 is 0 Å². The van der Waals surface area contributed by atoms with Crippen molar-refractivity contribution in [1.29, 1.82) is 0 Å². The lowest BCUT2D eigenvalue weighted by Crippen LogP contribution is -2.42. The Morgan fingerprint density at radius 2 is 2.31 bits per heavy atom. The van der Waals surface area contributed by atoms with Gasteiger partial charge in [-0.1, -0.05) is 13.8 Å². The quantitative estimate of drug-likeness (QED) is 0.816. The summed E-state index contributed by atoms with van der Waals surface area (Å²) in [5.41, 5.74) is 1.07. The largest absolute Gasteiger partial charge is 0.393 e. The third kappa shape index (κ3) is 2.32. The van der Waals surface area contributed by atoms with E-state index >= 15 is 0 Å². The van der Waals surface area contributed by atoms with Crippen molar-refractivity contribution in [2.24, 2.45) is 5.92 Å². The molecule has 4 heteroatoms. The standard InChI is InChI=1S/C12H19N3O/c1-3-10-6-12(14-8-13-10)15-5-4-11(16)9(2)7-15/h6,8-9,11,16H,3-5,7H2,1-2H3. The van der Waals surface area contributed by atoms with E-state index in [1.807, 2.05) is 6.07 Å². The summed E-state index contributed by atoms with van der Waals surface area (Å²) < 4.78 is 0. The average molecular weight is 221 g/mol. The van der Waals surface area contributed by atoms with Gasteiger partial charge in [0.05, 0.1) is 6.10 Å². The van der Waals surface area contributed by atoms with Crippen LogP contribution in [0.5, 0.6) is 0 Å². The topological polar surface area (TPSA) is 49.2 Å². The van der Waals surface area contributed by atoms with Gasteiger partial charge in [-0.15, -0.1) is 0 Å². The molecule has 0 amide bonds. The summed E-state index contributed by atoms with van der Waals surface area (Å²) in [5, 5.41) is 9.68. The molecule has 2 atom stereocenters. The normalized spacial score (nSPS) is 25.8. The third-order valence-electron chi connectivity index (χ3n) is 3.26. The van der Waals surface area contributed by atoms with Gasteiger partial charge < -0.3 is 10.0 Å². The Kier molecular flexibility index (Phi) is 3.39. The van der Waals surface area contributed by atoms with Crippen LogP contribution in [-0.2, 0) is 6.42 Å². The van der Waals surface area contributed by atoms with E-state index in [1.54, 1.807) is 6.33 Å². The minimum absolute atomic E-state index is 0.163. The number of anilines is 1. The van der Waals surface area contributed by atoms with Crippen LogP contribution < -0.4 is 4.90 Å². The number of hydrogen-bond acceptors (Lipinski definition) is 4. The van der Waals surface area contributed by atoms with E-state index in [-0.39, 0.29) is 6.10 Å². The van der Waals surface area contributed by atoms with E-state index in [9.17, 15) is 5.11 Å². The Morgan fingerprint density at radius 1 is 1.50 bits per heavy atom. The Balaban J connectivity index is 2.12. The Hall–Kier alpha value is -1.16. The smallest absolute Gasteiger partial charge is 0.132 e. The first-order valence-electron chi connectivity index (χ1n) is 5.94. The summed E-state index contributed by atoms with van der Waals surface area (Å²) in [5.74, 6) is 1.30. The number of aliphatic hydroxyl groups is 1. The van der Waals surface area contributed by atoms with E-state index in [4.69, 9.17) is 0 Å². The van der Waals surface area contributed by atoms with Crippen molar-refractivity contribution >= 4 is 5.82 Å². The number of hydrogen-bond donors (Lipinski definition) is 1. The molecule has 0 bridgehead atoms. The summed E-state index contributed by atoms with van der Waals surface area (Å²) in [4.78, 5) is 10.7. The van der Waals surface area contributed by atoms with Crippen LogP contribution in [0.4, 0.5) is 5.82 Å². The first kappa shape index (κ1) is 11.3. The van der Waals surface area contributed by atoms with Crippen molar-refractivity contribution < 1.29 is 5.11 Å². The van der Waals surface area contributed by atoms with E-state index in [2.05, 4.69) is 28.7 Å². The van der Waals surface area contributed by atoms with Gasteiger partial charge in [0, 0.05) is 24.8 Å². The molecule has 1 aromatic heterocycles. The summed E-state index contributed by atoms with van der Waals surface area (Å²) in [6.07, 6.45) is 3.22. The van der Waals surface area contributed by atoms with Crippen LogP contribution in [0.15, 0.2) is 12.4 Å². The van der Waals surface area contributed by atoms with Gasteiger partial charge in [-0.2, -0.15) is 0 Å². The monoisotopic (exact) mass is 221 g/mol. The van der Waals surface area contributed by atoms with Crippen LogP contribution in [0.2, 0.25) is 0 Å².